The predicted octanol–water partition coefficient (Wildman–Crippen LogP) is 9.61. The van der Waals surface area contributed by atoms with Crippen molar-refractivity contribution in [3.05, 3.63) is 81.7 Å². The maximum Gasteiger partial charge on any atom is 0.416 e. The molecule has 0 saturated heterocycles. The van der Waals surface area contributed by atoms with Crippen molar-refractivity contribution < 1.29 is 65.9 Å². The highest BCUT2D eigenvalue weighted by molar-refractivity contribution is 7.77. The molecule has 1 aliphatic carbocycles. The van der Waals surface area contributed by atoms with Gasteiger partial charge in [-0.25, -0.2) is 0 Å². The topological polar surface area (TPSA) is 0 Å². The first kappa shape index (κ1) is 31.8. The summed E-state index contributed by atoms with van der Waals surface area (Å²) in [4.78, 5) is 0. The first-order valence-corrected chi connectivity index (χ1v) is 12.0. The van der Waals surface area contributed by atoms with Crippen molar-refractivity contribution in [1.29, 1.82) is 0 Å². The highest BCUT2D eigenvalue weighted by atomic mass is 31.1. The molecular weight excluding hydrogens is 604 g/mol. The van der Waals surface area contributed by atoms with Gasteiger partial charge in [-0.15, -0.1) is 0 Å². The van der Waals surface area contributed by atoms with Crippen molar-refractivity contribution in [3.8, 4) is 0 Å². The number of halogens is 15. The zero-order valence-electron chi connectivity index (χ0n) is 19.7. The first-order chi connectivity index (χ1) is 17.7. The van der Waals surface area contributed by atoms with Crippen LogP contribution in [0.1, 0.15) is 36.1 Å². The summed E-state index contributed by atoms with van der Waals surface area (Å²) in [6, 6.07) is -0.366. The average molecular weight is 618 g/mol. The van der Waals surface area contributed by atoms with E-state index < -0.39 is 88.0 Å². The van der Waals surface area contributed by atoms with E-state index in [1.165, 1.54) is 0 Å². The zero-order chi connectivity index (χ0) is 30.9. The molecule has 3 rings (SSSR count). The third-order valence-electron chi connectivity index (χ3n) is 5.72. The van der Waals surface area contributed by atoms with E-state index in [4.69, 9.17) is 0 Å². The fourth-order valence-electron chi connectivity index (χ4n) is 3.98. The van der Waals surface area contributed by atoms with Gasteiger partial charge in [0.2, 0.25) is 0 Å². The third kappa shape index (κ3) is 6.77. The Morgan fingerprint density at radius 1 is 0.475 bits per heavy atom. The summed E-state index contributed by atoms with van der Waals surface area (Å²) in [6.45, 7) is 1.93. The van der Waals surface area contributed by atoms with E-state index in [1.807, 2.05) is 0 Å². The maximum absolute atomic E-state index is 13.7. The number of rotatable bonds is 3. The number of hydrogen-bond acceptors (Lipinski definition) is 0. The van der Waals surface area contributed by atoms with Crippen LogP contribution in [0, 0.1) is 5.41 Å². The molecule has 0 unspecified atom stereocenters. The van der Waals surface area contributed by atoms with Crippen LogP contribution in [0.4, 0.5) is 65.9 Å². The Morgan fingerprint density at radius 2 is 0.775 bits per heavy atom. The van der Waals surface area contributed by atoms with Gasteiger partial charge in [0.25, 0.3) is 0 Å². The molecule has 2 aromatic rings. The van der Waals surface area contributed by atoms with E-state index in [1.54, 1.807) is 0 Å². The molecule has 0 bridgehead atoms. The van der Waals surface area contributed by atoms with E-state index in [9.17, 15) is 65.9 Å². The Hall–Kier alpha value is -2.70. The van der Waals surface area contributed by atoms with Crippen LogP contribution >= 0.6 is 7.92 Å². The summed E-state index contributed by atoms with van der Waals surface area (Å²) in [7, 11) is -3.25. The average Bonchev–Trinajstić information content (AvgIpc) is 3.06. The lowest BCUT2D eigenvalue weighted by atomic mass is 9.87. The van der Waals surface area contributed by atoms with Gasteiger partial charge < -0.3 is 0 Å². The molecule has 0 atom stereocenters. The molecule has 0 aliphatic heterocycles. The van der Waals surface area contributed by atoms with Crippen LogP contribution in [0.15, 0.2) is 59.4 Å². The van der Waals surface area contributed by atoms with Gasteiger partial charge in [0.05, 0.1) is 22.3 Å². The smallest absolute Gasteiger partial charge is 0.166 e. The van der Waals surface area contributed by atoms with Gasteiger partial charge >= 0.3 is 30.9 Å². The Bertz CT molecular complexity index is 1210. The molecule has 220 valence electrons. The molecule has 1 aliphatic rings. The van der Waals surface area contributed by atoms with E-state index in [-0.39, 0.29) is 36.4 Å². The van der Waals surface area contributed by atoms with Crippen LogP contribution in [0.2, 0.25) is 0 Å². The fraction of sp³-hybridized carbons (Fsp3) is 0.333. The molecule has 0 spiro atoms. The highest BCUT2D eigenvalue weighted by Gasteiger charge is 2.47. The Labute approximate surface area is 216 Å². The number of alkyl halides is 15. The van der Waals surface area contributed by atoms with Gasteiger partial charge in [-0.3, -0.25) is 0 Å². The molecule has 0 nitrogen and oxygen atoms in total. The Balaban J connectivity index is 2.49. The van der Waals surface area contributed by atoms with Gasteiger partial charge in [-0.05, 0) is 66.3 Å². The summed E-state index contributed by atoms with van der Waals surface area (Å²) >= 11 is 0. The molecule has 2 aromatic carbocycles. The lowest BCUT2D eigenvalue weighted by Gasteiger charge is -2.25. The SMILES string of the molecule is CC1(C)C=C(P(c2cc(C(F)(F)F)cc(C(F)(F)F)c2)c2cc(C(F)(F)F)cc(C(F)(F)F)c2)C=C1C(F)(F)F. The summed E-state index contributed by atoms with van der Waals surface area (Å²) in [5.74, 6) is 0. The van der Waals surface area contributed by atoms with Crippen molar-refractivity contribution in [3.63, 3.8) is 0 Å². The molecule has 16 heteroatoms. The van der Waals surface area contributed by atoms with Gasteiger partial charge in [-0.2, -0.15) is 65.9 Å². The summed E-state index contributed by atoms with van der Waals surface area (Å²) < 4.78 is 203. The van der Waals surface area contributed by atoms with Crippen molar-refractivity contribution in [2.24, 2.45) is 5.41 Å². The van der Waals surface area contributed by atoms with Crippen LogP contribution in [-0.4, -0.2) is 6.18 Å². The quantitative estimate of drug-likeness (QED) is 0.238. The molecule has 0 amide bonds. The molecular formula is C24H14F15P. The molecule has 0 fully saturated rings. The minimum Gasteiger partial charge on any atom is -0.166 e. The number of benzene rings is 2. The molecule has 0 N–H and O–H groups in total. The third-order valence-corrected chi connectivity index (χ3v) is 8.04. The van der Waals surface area contributed by atoms with Gasteiger partial charge in [-0.1, -0.05) is 19.9 Å². The minimum absolute atomic E-state index is 0.0712. The number of hydrogen-bond donors (Lipinski definition) is 0. The standard InChI is InChI=1S/C24H14F15P/c1-19(2)10-17(9-18(19)24(37,38)39)40(15-5-11(20(25,26)27)3-12(6-15)21(28,29)30)16-7-13(22(31,32)33)4-14(8-16)23(34,35)36/h3-10H,1-2H3. The van der Waals surface area contributed by atoms with E-state index in [0.717, 1.165) is 19.9 Å². The fourth-order valence-corrected chi connectivity index (χ4v) is 6.66. The zero-order valence-corrected chi connectivity index (χ0v) is 20.6. The lowest BCUT2D eigenvalue weighted by molar-refractivity contribution is -0.144. The Morgan fingerprint density at radius 3 is 1.00 bits per heavy atom. The normalized spacial score (nSPS) is 16.9. The van der Waals surface area contributed by atoms with Gasteiger partial charge in [0.15, 0.2) is 0 Å². The highest BCUT2D eigenvalue weighted by Crippen LogP contribution is 2.56. The molecule has 0 heterocycles. The van der Waals surface area contributed by atoms with Gasteiger partial charge in [0, 0.05) is 11.0 Å². The molecule has 40 heavy (non-hydrogen) atoms. The minimum atomic E-state index is -5.46. The molecule has 0 saturated carbocycles. The second-order valence-electron chi connectivity index (χ2n) is 9.21. The van der Waals surface area contributed by atoms with Crippen molar-refractivity contribution in [2.45, 2.75) is 44.7 Å². The largest absolute Gasteiger partial charge is 0.416 e. The summed E-state index contributed by atoms with van der Waals surface area (Å²) in [5.41, 5.74) is -11.1. The lowest BCUT2D eigenvalue weighted by Crippen LogP contribution is -2.22. The van der Waals surface area contributed by atoms with E-state index >= 15 is 0 Å². The first-order valence-electron chi connectivity index (χ1n) is 10.6. The molecule has 0 radical (unpaired) electrons. The van der Waals surface area contributed by atoms with Crippen LogP contribution in [0.5, 0.6) is 0 Å². The van der Waals surface area contributed by atoms with Gasteiger partial charge in [0.1, 0.15) is 0 Å². The summed E-state index contributed by atoms with van der Waals surface area (Å²) in [5, 5.41) is -2.81. The summed E-state index contributed by atoms with van der Waals surface area (Å²) in [6.07, 6.45) is -25.9. The second-order valence-corrected chi connectivity index (χ2v) is 11.4. The van der Waals surface area contributed by atoms with E-state index in [0.29, 0.717) is 6.08 Å². The van der Waals surface area contributed by atoms with Crippen molar-refractivity contribution in [2.75, 3.05) is 0 Å². The van der Waals surface area contributed by atoms with Crippen LogP contribution in [0.3, 0.4) is 0 Å². The predicted molar refractivity (Wildman–Crippen MR) is 115 cm³/mol. The second kappa shape index (κ2) is 9.70. The van der Waals surface area contributed by atoms with Crippen LogP contribution in [0.25, 0.3) is 0 Å². The Kier molecular flexibility index (Phi) is 7.71. The van der Waals surface area contributed by atoms with Crippen LogP contribution in [-0.2, 0) is 24.7 Å². The maximum atomic E-state index is 13.7. The monoisotopic (exact) mass is 618 g/mol. The van der Waals surface area contributed by atoms with Crippen molar-refractivity contribution in [1.82, 2.24) is 0 Å². The number of allylic oxidation sites excluding steroid dienone is 4. The van der Waals surface area contributed by atoms with Crippen LogP contribution < -0.4 is 10.6 Å². The van der Waals surface area contributed by atoms with E-state index in [2.05, 4.69) is 0 Å². The van der Waals surface area contributed by atoms with Crippen molar-refractivity contribution >= 4 is 18.5 Å². The molecule has 0 aromatic heterocycles.